The van der Waals surface area contributed by atoms with Gasteiger partial charge in [-0.3, -0.25) is 4.79 Å². The van der Waals surface area contributed by atoms with Crippen molar-refractivity contribution in [2.24, 2.45) is 0 Å². The number of carbonyl (C=O) groups is 1. The van der Waals surface area contributed by atoms with Gasteiger partial charge in [-0.05, 0) is 12.5 Å². The maximum absolute atomic E-state index is 11.4. The van der Waals surface area contributed by atoms with E-state index in [0.717, 1.165) is 5.56 Å². The molecule has 1 atom stereocenters. The van der Waals surface area contributed by atoms with Crippen LogP contribution in [-0.2, 0) is 16.0 Å². The van der Waals surface area contributed by atoms with Crippen LogP contribution in [0.2, 0.25) is 0 Å². The molecule has 1 unspecified atom stereocenters. The smallest absolute Gasteiger partial charge is 0.165 e. The zero-order valence-corrected chi connectivity index (χ0v) is 7.99. The summed E-state index contributed by atoms with van der Waals surface area (Å²) in [6.07, 6.45) is 0.149. The quantitative estimate of drug-likeness (QED) is 0.703. The minimum Gasteiger partial charge on any atom is -0.374 e. The van der Waals surface area contributed by atoms with Crippen LogP contribution in [0.5, 0.6) is 0 Å². The van der Waals surface area contributed by atoms with E-state index in [-0.39, 0.29) is 11.9 Å². The Morgan fingerprint density at radius 2 is 2.00 bits per heavy atom. The lowest BCUT2D eigenvalue weighted by Crippen LogP contribution is -2.20. The molecule has 0 amide bonds. The number of methoxy groups -OCH3 is 1. The highest BCUT2D eigenvalue weighted by molar-refractivity contribution is 5.84. The van der Waals surface area contributed by atoms with E-state index in [2.05, 4.69) is 0 Å². The molecular formula is C11H14O2. The lowest BCUT2D eigenvalue weighted by atomic mass is 10.1. The number of carbonyl (C=O) groups excluding carboxylic acids is 1. The molecule has 0 radical (unpaired) electrons. The first-order valence-corrected chi connectivity index (χ1v) is 4.33. The summed E-state index contributed by atoms with van der Waals surface area (Å²) in [5.74, 6) is 0.119. The molecule has 0 heterocycles. The first-order chi connectivity index (χ1) is 6.24. The van der Waals surface area contributed by atoms with Gasteiger partial charge < -0.3 is 4.74 Å². The highest BCUT2D eigenvalue weighted by Crippen LogP contribution is 2.03. The number of benzene rings is 1. The van der Waals surface area contributed by atoms with Crippen LogP contribution >= 0.6 is 0 Å². The predicted octanol–water partition coefficient (Wildman–Crippen LogP) is 1.83. The Morgan fingerprint density at radius 1 is 1.38 bits per heavy atom. The van der Waals surface area contributed by atoms with Gasteiger partial charge in [-0.25, -0.2) is 0 Å². The zero-order chi connectivity index (χ0) is 9.68. The number of Topliss-reactive ketones (excluding diaryl/α,β-unsaturated/α-hetero) is 1. The van der Waals surface area contributed by atoms with E-state index in [1.807, 2.05) is 30.3 Å². The standard InChI is InChI=1S/C11H14O2/c1-9(13-2)11(12)8-10-6-4-3-5-7-10/h3-7,9H,8H2,1-2H3. The van der Waals surface area contributed by atoms with Crippen molar-refractivity contribution in [1.82, 2.24) is 0 Å². The fourth-order valence-corrected chi connectivity index (χ4v) is 1.07. The summed E-state index contributed by atoms with van der Waals surface area (Å²) in [5, 5.41) is 0. The number of hydrogen-bond acceptors (Lipinski definition) is 2. The largest absolute Gasteiger partial charge is 0.374 e. The number of rotatable bonds is 4. The van der Waals surface area contributed by atoms with Gasteiger partial charge in [0.2, 0.25) is 0 Å². The Kier molecular flexibility index (Phi) is 3.65. The van der Waals surface area contributed by atoms with E-state index in [9.17, 15) is 4.79 Å². The molecule has 0 saturated heterocycles. The van der Waals surface area contributed by atoms with Gasteiger partial charge in [0.15, 0.2) is 5.78 Å². The molecule has 0 bridgehead atoms. The van der Waals surface area contributed by atoms with Gasteiger partial charge >= 0.3 is 0 Å². The summed E-state index contributed by atoms with van der Waals surface area (Å²) in [6, 6.07) is 9.69. The molecule has 1 aromatic rings. The van der Waals surface area contributed by atoms with Crippen LogP contribution in [-0.4, -0.2) is 19.0 Å². The van der Waals surface area contributed by atoms with Crippen LogP contribution in [0.25, 0.3) is 0 Å². The van der Waals surface area contributed by atoms with E-state index in [1.54, 1.807) is 14.0 Å². The van der Waals surface area contributed by atoms with Gasteiger partial charge in [0, 0.05) is 13.5 Å². The second-order valence-corrected chi connectivity index (χ2v) is 3.01. The van der Waals surface area contributed by atoms with Gasteiger partial charge in [0.1, 0.15) is 6.10 Å². The predicted molar refractivity (Wildman–Crippen MR) is 51.6 cm³/mol. The van der Waals surface area contributed by atoms with Crippen molar-refractivity contribution in [3.05, 3.63) is 35.9 Å². The monoisotopic (exact) mass is 178 g/mol. The SMILES string of the molecule is COC(C)C(=O)Cc1ccccc1. The normalized spacial score (nSPS) is 12.5. The van der Waals surface area contributed by atoms with E-state index < -0.39 is 0 Å². The summed E-state index contributed by atoms with van der Waals surface area (Å²) >= 11 is 0. The molecule has 0 N–H and O–H groups in total. The van der Waals surface area contributed by atoms with Gasteiger partial charge in [-0.15, -0.1) is 0 Å². The Labute approximate surface area is 78.5 Å². The first kappa shape index (κ1) is 9.93. The zero-order valence-electron chi connectivity index (χ0n) is 7.99. The Morgan fingerprint density at radius 3 is 2.54 bits per heavy atom. The first-order valence-electron chi connectivity index (χ1n) is 4.33. The van der Waals surface area contributed by atoms with E-state index in [4.69, 9.17) is 4.74 Å². The van der Waals surface area contributed by atoms with Crippen molar-refractivity contribution >= 4 is 5.78 Å². The Balaban J connectivity index is 2.55. The average molecular weight is 178 g/mol. The minimum absolute atomic E-state index is 0.119. The molecule has 0 spiro atoms. The summed E-state index contributed by atoms with van der Waals surface area (Å²) in [7, 11) is 1.55. The van der Waals surface area contributed by atoms with Crippen LogP contribution in [0.1, 0.15) is 12.5 Å². The highest BCUT2D eigenvalue weighted by Gasteiger charge is 2.11. The second-order valence-electron chi connectivity index (χ2n) is 3.01. The fraction of sp³-hybridized carbons (Fsp3) is 0.364. The Hall–Kier alpha value is -1.15. The molecule has 13 heavy (non-hydrogen) atoms. The van der Waals surface area contributed by atoms with Gasteiger partial charge in [-0.2, -0.15) is 0 Å². The van der Waals surface area contributed by atoms with Crippen LogP contribution in [0.3, 0.4) is 0 Å². The molecule has 0 aliphatic carbocycles. The third-order valence-corrected chi connectivity index (χ3v) is 2.03. The molecule has 2 nitrogen and oxygen atoms in total. The maximum atomic E-state index is 11.4. The summed E-state index contributed by atoms with van der Waals surface area (Å²) in [5.41, 5.74) is 1.04. The molecule has 0 fully saturated rings. The summed E-state index contributed by atoms with van der Waals surface area (Å²) < 4.78 is 4.93. The summed E-state index contributed by atoms with van der Waals surface area (Å²) in [4.78, 5) is 11.4. The van der Waals surface area contributed by atoms with Crippen molar-refractivity contribution in [3.8, 4) is 0 Å². The molecule has 70 valence electrons. The molecule has 0 aromatic heterocycles. The van der Waals surface area contributed by atoms with Crippen molar-refractivity contribution in [3.63, 3.8) is 0 Å². The second kappa shape index (κ2) is 4.77. The van der Waals surface area contributed by atoms with Crippen LogP contribution in [0.15, 0.2) is 30.3 Å². The number of ether oxygens (including phenoxy) is 1. The van der Waals surface area contributed by atoms with Crippen molar-refractivity contribution in [2.45, 2.75) is 19.4 Å². The van der Waals surface area contributed by atoms with E-state index in [0.29, 0.717) is 6.42 Å². The maximum Gasteiger partial charge on any atom is 0.165 e. The van der Waals surface area contributed by atoms with Gasteiger partial charge in [0.25, 0.3) is 0 Å². The molecular weight excluding hydrogens is 164 g/mol. The topological polar surface area (TPSA) is 26.3 Å². The molecule has 0 aliphatic heterocycles. The third-order valence-electron chi connectivity index (χ3n) is 2.03. The van der Waals surface area contributed by atoms with Crippen molar-refractivity contribution in [2.75, 3.05) is 7.11 Å². The van der Waals surface area contributed by atoms with Crippen LogP contribution in [0.4, 0.5) is 0 Å². The minimum atomic E-state index is -0.305. The molecule has 0 aliphatic rings. The van der Waals surface area contributed by atoms with E-state index >= 15 is 0 Å². The molecule has 1 aromatic carbocycles. The van der Waals surface area contributed by atoms with E-state index in [1.165, 1.54) is 0 Å². The molecule has 1 rings (SSSR count). The average Bonchev–Trinajstić information content (AvgIpc) is 2.18. The molecule has 0 saturated carbocycles. The highest BCUT2D eigenvalue weighted by atomic mass is 16.5. The number of ketones is 1. The molecule has 2 heteroatoms. The third kappa shape index (κ3) is 2.99. The fourth-order valence-electron chi connectivity index (χ4n) is 1.07. The van der Waals surface area contributed by atoms with Gasteiger partial charge in [0.05, 0.1) is 0 Å². The van der Waals surface area contributed by atoms with Gasteiger partial charge in [-0.1, -0.05) is 30.3 Å². The lowest BCUT2D eigenvalue weighted by Gasteiger charge is -2.07. The lowest BCUT2D eigenvalue weighted by molar-refractivity contribution is -0.127. The van der Waals surface area contributed by atoms with Crippen LogP contribution < -0.4 is 0 Å². The van der Waals surface area contributed by atoms with Crippen molar-refractivity contribution in [1.29, 1.82) is 0 Å². The summed E-state index contributed by atoms with van der Waals surface area (Å²) in [6.45, 7) is 1.77. The van der Waals surface area contributed by atoms with Crippen molar-refractivity contribution < 1.29 is 9.53 Å². The number of hydrogen-bond donors (Lipinski definition) is 0. The van der Waals surface area contributed by atoms with Crippen LogP contribution in [0, 0.1) is 0 Å². The Bertz CT molecular complexity index is 267.